The van der Waals surface area contributed by atoms with Gasteiger partial charge in [-0.25, -0.2) is 16.8 Å². The molecule has 242 valence electrons. The van der Waals surface area contributed by atoms with Crippen molar-refractivity contribution in [2.45, 2.75) is 39.3 Å². The van der Waals surface area contributed by atoms with E-state index >= 15 is 0 Å². The van der Waals surface area contributed by atoms with Crippen LogP contribution in [0.2, 0.25) is 0 Å². The highest BCUT2D eigenvalue weighted by Crippen LogP contribution is 2.31. The molecule has 48 heavy (non-hydrogen) atoms. The van der Waals surface area contributed by atoms with Gasteiger partial charge in [0.2, 0.25) is 19.7 Å². The Morgan fingerprint density at radius 1 is 0.438 bits per heavy atom. The van der Waals surface area contributed by atoms with Crippen LogP contribution in [-0.4, -0.2) is 23.9 Å². The van der Waals surface area contributed by atoms with Gasteiger partial charge in [-0.1, -0.05) is 73.2 Å². The number of hydrogen-bond acceptors (Lipinski definition) is 6. The predicted octanol–water partition coefficient (Wildman–Crippen LogP) is 9.28. The number of ether oxygens (including phenoxy) is 2. The summed E-state index contributed by atoms with van der Waals surface area (Å²) >= 11 is 0. The standard InChI is InChI=1S/C40H34O6S2/c1-28-4-20-37(21-5-28)47(41,42)38-22-10-32(11-23-38)33-12-24-39(25-13-33)48(43,44)40-26-18-36(19-27-40)46-35-16-8-31(9-17-35)29(2)30-6-14-34(45-3)15-7-30/h4-27,29H,1-3H3. The minimum Gasteiger partial charge on any atom is -0.497 e. The molecule has 6 aromatic carbocycles. The third-order valence-electron chi connectivity index (χ3n) is 8.36. The van der Waals surface area contributed by atoms with Crippen molar-refractivity contribution in [1.82, 2.24) is 0 Å². The van der Waals surface area contributed by atoms with Gasteiger partial charge in [0.1, 0.15) is 17.2 Å². The molecule has 0 N–H and O–H groups in total. The van der Waals surface area contributed by atoms with E-state index in [4.69, 9.17) is 9.47 Å². The summed E-state index contributed by atoms with van der Waals surface area (Å²) in [7, 11) is -5.77. The Morgan fingerprint density at radius 3 is 1.12 bits per heavy atom. The zero-order valence-corrected chi connectivity index (χ0v) is 28.3. The average Bonchev–Trinajstić information content (AvgIpc) is 3.12. The van der Waals surface area contributed by atoms with Crippen molar-refractivity contribution in [2.75, 3.05) is 7.11 Å². The third kappa shape index (κ3) is 6.90. The largest absolute Gasteiger partial charge is 0.497 e. The van der Waals surface area contributed by atoms with E-state index in [9.17, 15) is 16.8 Å². The van der Waals surface area contributed by atoms with Crippen molar-refractivity contribution < 1.29 is 26.3 Å². The van der Waals surface area contributed by atoms with Gasteiger partial charge in [0, 0.05) is 5.92 Å². The molecule has 6 nitrogen and oxygen atoms in total. The molecule has 6 rings (SSSR count). The molecular formula is C40H34O6S2. The van der Waals surface area contributed by atoms with E-state index in [0.717, 1.165) is 28.0 Å². The number of sulfone groups is 2. The van der Waals surface area contributed by atoms with Gasteiger partial charge in [0.15, 0.2) is 0 Å². The zero-order chi connectivity index (χ0) is 33.9. The van der Waals surface area contributed by atoms with Gasteiger partial charge in [0.25, 0.3) is 0 Å². The summed E-state index contributed by atoms with van der Waals surface area (Å²) in [5.74, 6) is 2.18. The second kappa shape index (κ2) is 13.5. The Labute approximate surface area is 282 Å². The van der Waals surface area contributed by atoms with Crippen molar-refractivity contribution in [1.29, 1.82) is 0 Å². The van der Waals surface area contributed by atoms with Crippen LogP contribution < -0.4 is 9.47 Å². The molecule has 0 aliphatic rings. The van der Waals surface area contributed by atoms with Crippen molar-refractivity contribution in [3.05, 3.63) is 162 Å². The lowest BCUT2D eigenvalue weighted by molar-refractivity contribution is 0.414. The second-order valence-corrected chi connectivity index (χ2v) is 15.4. The van der Waals surface area contributed by atoms with Gasteiger partial charge in [-0.2, -0.15) is 0 Å². The maximum atomic E-state index is 13.4. The summed E-state index contributed by atoms with van der Waals surface area (Å²) in [4.78, 5) is 0.732. The minimum absolute atomic E-state index is 0.150. The molecule has 0 bridgehead atoms. The van der Waals surface area contributed by atoms with E-state index in [1.807, 2.05) is 43.3 Å². The van der Waals surface area contributed by atoms with Crippen LogP contribution in [0, 0.1) is 6.92 Å². The molecule has 0 aliphatic heterocycles. The first-order valence-electron chi connectivity index (χ1n) is 15.3. The molecule has 0 fully saturated rings. The van der Waals surface area contributed by atoms with Crippen molar-refractivity contribution in [3.8, 4) is 28.4 Å². The highest BCUT2D eigenvalue weighted by molar-refractivity contribution is 7.91. The lowest BCUT2D eigenvalue weighted by atomic mass is 9.93. The van der Waals surface area contributed by atoms with Gasteiger partial charge in [0.05, 0.1) is 26.7 Å². The Hall–Kier alpha value is -5.18. The molecule has 6 aromatic rings. The van der Waals surface area contributed by atoms with Crippen LogP contribution in [0.3, 0.4) is 0 Å². The van der Waals surface area contributed by atoms with Crippen molar-refractivity contribution in [3.63, 3.8) is 0 Å². The second-order valence-electron chi connectivity index (χ2n) is 11.5. The van der Waals surface area contributed by atoms with Crippen LogP contribution in [0.4, 0.5) is 0 Å². The number of methoxy groups -OCH3 is 1. The smallest absolute Gasteiger partial charge is 0.206 e. The maximum absolute atomic E-state index is 13.4. The Bertz CT molecular complexity index is 2230. The van der Waals surface area contributed by atoms with Crippen LogP contribution in [0.25, 0.3) is 11.1 Å². The molecule has 1 atom stereocenters. The fraction of sp³-hybridized carbons (Fsp3) is 0.100. The first-order valence-corrected chi connectivity index (χ1v) is 18.3. The maximum Gasteiger partial charge on any atom is 0.206 e. The van der Waals surface area contributed by atoms with Crippen LogP contribution in [-0.2, 0) is 19.7 Å². The van der Waals surface area contributed by atoms with Crippen LogP contribution in [0.15, 0.2) is 165 Å². The van der Waals surface area contributed by atoms with E-state index < -0.39 is 19.7 Å². The number of hydrogen-bond donors (Lipinski definition) is 0. The molecule has 0 saturated carbocycles. The van der Waals surface area contributed by atoms with Crippen LogP contribution >= 0.6 is 0 Å². The van der Waals surface area contributed by atoms with Gasteiger partial charge in [-0.05, 0) is 114 Å². The molecule has 1 unspecified atom stereocenters. The topological polar surface area (TPSA) is 86.7 Å². The Kier molecular flexibility index (Phi) is 9.22. The molecule has 8 heteroatoms. The fourth-order valence-electron chi connectivity index (χ4n) is 5.38. The van der Waals surface area contributed by atoms with Gasteiger partial charge in [-0.3, -0.25) is 0 Å². The van der Waals surface area contributed by atoms with Crippen LogP contribution in [0.5, 0.6) is 17.2 Å². The van der Waals surface area contributed by atoms with Crippen LogP contribution in [0.1, 0.15) is 29.5 Å². The normalized spacial score (nSPS) is 12.3. The molecule has 0 heterocycles. The zero-order valence-electron chi connectivity index (χ0n) is 26.7. The summed E-state index contributed by atoms with van der Waals surface area (Å²) in [6.45, 7) is 4.05. The van der Waals surface area contributed by atoms with E-state index in [0.29, 0.717) is 11.5 Å². The molecular weight excluding hydrogens is 641 g/mol. The van der Waals surface area contributed by atoms with E-state index in [2.05, 4.69) is 19.1 Å². The quantitative estimate of drug-likeness (QED) is 0.144. The molecule has 0 aliphatic carbocycles. The number of aryl methyl sites for hydroxylation is 1. The summed E-state index contributed by atoms with van der Waals surface area (Å²) in [6, 6.07) is 42.1. The first kappa shape index (κ1) is 32.7. The Balaban J connectivity index is 1.11. The van der Waals surface area contributed by atoms with E-state index in [1.165, 1.54) is 17.7 Å². The highest BCUT2D eigenvalue weighted by atomic mass is 32.2. The van der Waals surface area contributed by atoms with Crippen molar-refractivity contribution in [2.24, 2.45) is 0 Å². The lowest BCUT2D eigenvalue weighted by Gasteiger charge is -2.14. The summed E-state index contributed by atoms with van der Waals surface area (Å²) in [6.07, 6.45) is 0. The summed E-state index contributed by atoms with van der Waals surface area (Å²) < 4.78 is 64.1. The molecule has 0 spiro atoms. The molecule has 0 amide bonds. The summed E-state index contributed by atoms with van der Waals surface area (Å²) in [5, 5.41) is 0. The first-order chi connectivity index (χ1) is 23.0. The third-order valence-corrected chi connectivity index (χ3v) is 11.9. The molecule has 0 radical (unpaired) electrons. The summed E-state index contributed by atoms with van der Waals surface area (Å²) in [5.41, 5.74) is 4.84. The lowest BCUT2D eigenvalue weighted by Crippen LogP contribution is -2.02. The monoisotopic (exact) mass is 674 g/mol. The van der Waals surface area contributed by atoms with Gasteiger partial charge >= 0.3 is 0 Å². The fourth-order valence-corrected chi connectivity index (χ4v) is 7.90. The van der Waals surface area contributed by atoms with Gasteiger partial charge in [-0.15, -0.1) is 0 Å². The number of rotatable bonds is 10. The average molecular weight is 675 g/mol. The van der Waals surface area contributed by atoms with Crippen molar-refractivity contribution >= 4 is 19.7 Å². The molecule has 0 saturated heterocycles. The number of benzene rings is 6. The van der Waals surface area contributed by atoms with Gasteiger partial charge < -0.3 is 9.47 Å². The SMILES string of the molecule is COc1ccc(C(C)c2ccc(Oc3ccc(S(=O)(=O)c4ccc(-c5ccc(S(=O)(=O)c6ccc(C)cc6)cc5)cc4)cc3)cc2)cc1. The minimum atomic E-state index is -3.78. The molecule has 0 aromatic heterocycles. The highest BCUT2D eigenvalue weighted by Gasteiger charge is 2.20. The van der Waals surface area contributed by atoms with E-state index in [1.54, 1.807) is 92.0 Å². The Morgan fingerprint density at radius 2 is 0.750 bits per heavy atom. The van der Waals surface area contributed by atoms with E-state index in [-0.39, 0.29) is 25.5 Å². The predicted molar refractivity (Wildman–Crippen MR) is 187 cm³/mol.